The molecule has 3 unspecified atom stereocenters. The molecule has 0 radical (unpaired) electrons. The second kappa shape index (κ2) is 10.7. The molecule has 0 bridgehead atoms. The summed E-state index contributed by atoms with van der Waals surface area (Å²) >= 11 is 0. The molecule has 2 amide bonds. The monoisotopic (exact) mass is 440 g/mol. The van der Waals surface area contributed by atoms with Crippen LogP contribution in [0.1, 0.15) is 50.5 Å². The van der Waals surface area contributed by atoms with E-state index >= 15 is 0 Å². The van der Waals surface area contributed by atoms with E-state index < -0.39 is 29.9 Å². The summed E-state index contributed by atoms with van der Waals surface area (Å²) < 4.78 is 16.2. The van der Waals surface area contributed by atoms with Gasteiger partial charge in [-0.25, -0.2) is 9.59 Å². The lowest BCUT2D eigenvalue weighted by Crippen LogP contribution is -2.47. The van der Waals surface area contributed by atoms with Gasteiger partial charge in [0.05, 0.1) is 30.1 Å². The summed E-state index contributed by atoms with van der Waals surface area (Å²) in [7, 11) is 0. The van der Waals surface area contributed by atoms with Gasteiger partial charge in [0, 0.05) is 0 Å². The number of amides is 2. The van der Waals surface area contributed by atoms with Crippen LogP contribution in [0, 0.1) is 5.92 Å². The van der Waals surface area contributed by atoms with Crippen LogP contribution < -0.4 is 10.6 Å². The molecule has 2 aromatic rings. The first-order chi connectivity index (χ1) is 15.5. The number of esters is 2. The van der Waals surface area contributed by atoms with E-state index in [0.717, 1.165) is 12.0 Å². The Morgan fingerprint density at radius 2 is 1.84 bits per heavy atom. The van der Waals surface area contributed by atoms with Crippen molar-refractivity contribution in [2.45, 2.75) is 39.2 Å². The number of ether oxygens (including phenoxy) is 2. The number of furan rings is 1. The summed E-state index contributed by atoms with van der Waals surface area (Å²) in [4.78, 5) is 38.1. The van der Waals surface area contributed by atoms with Crippen molar-refractivity contribution >= 4 is 18.0 Å². The van der Waals surface area contributed by atoms with Crippen molar-refractivity contribution in [2.75, 3.05) is 13.2 Å². The molecule has 3 atom stereocenters. The van der Waals surface area contributed by atoms with Crippen LogP contribution in [0.3, 0.4) is 0 Å². The quantitative estimate of drug-likeness (QED) is 0.574. The normalized spacial score (nSPS) is 17.7. The molecule has 0 saturated carbocycles. The number of hydrogen-bond acceptors (Lipinski definition) is 6. The molecule has 170 valence electrons. The first kappa shape index (κ1) is 23.1. The van der Waals surface area contributed by atoms with Crippen molar-refractivity contribution in [3.63, 3.8) is 0 Å². The SMILES string of the molecule is CCOC(=O)C1=C(COC(=O)C(c2ccccc2)C(C)CC)NC(=O)NC1c1ccco1. The molecule has 8 nitrogen and oxygen atoms in total. The van der Waals surface area contributed by atoms with Gasteiger partial charge in [0.15, 0.2) is 0 Å². The Hall–Kier alpha value is -3.55. The summed E-state index contributed by atoms with van der Waals surface area (Å²) in [6, 6.07) is 11.3. The maximum absolute atomic E-state index is 13.1. The molecule has 1 aromatic heterocycles. The topological polar surface area (TPSA) is 107 Å². The molecule has 0 saturated heterocycles. The first-order valence-corrected chi connectivity index (χ1v) is 10.7. The van der Waals surface area contributed by atoms with Crippen LogP contribution in [-0.4, -0.2) is 31.2 Å². The Labute approximate surface area is 187 Å². The number of benzene rings is 1. The molecule has 1 aliphatic rings. The number of hydrogen-bond donors (Lipinski definition) is 2. The van der Waals surface area contributed by atoms with Gasteiger partial charge in [0.1, 0.15) is 18.4 Å². The second-order valence-electron chi connectivity index (χ2n) is 7.54. The maximum Gasteiger partial charge on any atom is 0.338 e. The average molecular weight is 440 g/mol. The third-order valence-corrected chi connectivity index (χ3v) is 5.46. The van der Waals surface area contributed by atoms with E-state index in [9.17, 15) is 14.4 Å². The van der Waals surface area contributed by atoms with Gasteiger partial charge in [-0.15, -0.1) is 0 Å². The van der Waals surface area contributed by atoms with Gasteiger partial charge in [-0.3, -0.25) is 4.79 Å². The molecule has 8 heteroatoms. The van der Waals surface area contributed by atoms with Gasteiger partial charge in [-0.2, -0.15) is 0 Å². The zero-order valence-corrected chi connectivity index (χ0v) is 18.4. The Balaban J connectivity index is 1.89. The highest BCUT2D eigenvalue weighted by atomic mass is 16.5. The molecule has 3 rings (SSSR count). The van der Waals surface area contributed by atoms with E-state index in [0.29, 0.717) is 5.76 Å². The lowest BCUT2D eigenvalue weighted by molar-refractivity contribution is -0.146. The van der Waals surface area contributed by atoms with Gasteiger partial charge >= 0.3 is 18.0 Å². The summed E-state index contributed by atoms with van der Waals surface area (Å²) in [5.41, 5.74) is 1.15. The highest BCUT2D eigenvalue weighted by Crippen LogP contribution is 2.30. The largest absolute Gasteiger partial charge is 0.467 e. The van der Waals surface area contributed by atoms with Crippen molar-refractivity contribution in [1.82, 2.24) is 10.6 Å². The first-order valence-electron chi connectivity index (χ1n) is 10.7. The van der Waals surface area contributed by atoms with E-state index in [2.05, 4.69) is 10.6 Å². The molecule has 0 aliphatic carbocycles. The lowest BCUT2D eigenvalue weighted by atomic mass is 9.85. The second-order valence-corrected chi connectivity index (χ2v) is 7.54. The van der Waals surface area contributed by atoms with Gasteiger partial charge in [-0.05, 0) is 30.5 Å². The van der Waals surface area contributed by atoms with Crippen LogP contribution in [0.2, 0.25) is 0 Å². The van der Waals surface area contributed by atoms with Crippen LogP contribution >= 0.6 is 0 Å². The summed E-state index contributed by atoms with van der Waals surface area (Å²) in [5.74, 6) is -1.11. The summed E-state index contributed by atoms with van der Waals surface area (Å²) in [5, 5.41) is 5.24. The Kier molecular flexibility index (Phi) is 7.70. The van der Waals surface area contributed by atoms with E-state index in [1.54, 1.807) is 19.1 Å². The highest BCUT2D eigenvalue weighted by molar-refractivity contribution is 5.95. The fourth-order valence-electron chi connectivity index (χ4n) is 3.68. The van der Waals surface area contributed by atoms with Gasteiger partial charge < -0.3 is 24.5 Å². The van der Waals surface area contributed by atoms with Crippen LogP contribution in [-0.2, 0) is 19.1 Å². The molecule has 2 heterocycles. The van der Waals surface area contributed by atoms with Gasteiger partial charge in [0.25, 0.3) is 0 Å². The standard InChI is InChI=1S/C24H28N2O6/c1-4-15(3)19(16-10-7-6-8-11-16)22(27)32-14-17-20(23(28)30-5-2)21(26-24(29)25-17)18-12-9-13-31-18/h6-13,15,19,21H,4-5,14H2,1-3H3,(H2,25,26,29). The van der Waals surface area contributed by atoms with E-state index in [1.807, 2.05) is 44.2 Å². The Morgan fingerprint density at radius 3 is 2.47 bits per heavy atom. The minimum absolute atomic E-state index is 0.0434. The molecule has 32 heavy (non-hydrogen) atoms. The van der Waals surface area contributed by atoms with Crippen LogP contribution in [0.4, 0.5) is 4.79 Å². The van der Waals surface area contributed by atoms with Gasteiger partial charge in [-0.1, -0.05) is 50.6 Å². The number of carbonyl (C=O) groups is 3. The average Bonchev–Trinajstić information content (AvgIpc) is 3.33. The number of rotatable bonds is 9. The third kappa shape index (κ3) is 5.19. The number of urea groups is 1. The maximum atomic E-state index is 13.1. The zero-order chi connectivity index (χ0) is 23.1. The molecular weight excluding hydrogens is 412 g/mol. The molecule has 0 spiro atoms. The fraction of sp³-hybridized carbons (Fsp3) is 0.375. The predicted octanol–water partition coefficient (Wildman–Crippen LogP) is 3.82. The molecule has 0 fully saturated rings. The van der Waals surface area contributed by atoms with E-state index in [4.69, 9.17) is 13.9 Å². The molecule has 1 aliphatic heterocycles. The van der Waals surface area contributed by atoms with Crippen molar-refractivity contribution in [1.29, 1.82) is 0 Å². The fourth-order valence-corrected chi connectivity index (χ4v) is 3.68. The molecule has 1 aromatic carbocycles. The zero-order valence-electron chi connectivity index (χ0n) is 18.4. The smallest absolute Gasteiger partial charge is 0.338 e. The van der Waals surface area contributed by atoms with Gasteiger partial charge in [0.2, 0.25) is 0 Å². The number of carbonyl (C=O) groups excluding carboxylic acids is 3. The summed E-state index contributed by atoms with van der Waals surface area (Å²) in [6.45, 7) is 5.55. The van der Waals surface area contributed by atoms with Crippen molar-refractivity contribution in [2.24, 2.45) is 5.92 Å². The van der Waals surface area contributed by atoms with E-state index in [-0.39, 0.29) is 30.4 Å². The molecule has 2 N–H and O–H groups in total. The Morgan fingerprint density at radius 1 is 1.09 bits per heavy atom. The van der Waals surface area contributed by atoms with Crippen molar-refractivity contribution in [3.05, 3.63) is 71.3 Å². The van der Waals surface area contributed by atoms with Crippen LogP contribution in [0.25, 0.3) is 0 Å². The summed E-state index contributed by atoms with van der Waals surface area (Å²) in [6.07, 6.45) is 2.23. The van der Waals surface area contributed by atoms with Crippen LogP contribution in [0.5, 0.6) is 0 Å². The van der Waals surface area contributed by atoms with Crippen molar-refractivity contribution < 1.29 is 28.3 Å². The Bertz CT molecular complexity index is 968. The van der Waals surface area contributed by atoms with E-state index in [1.165, 1.54) is 6.26 Å². The highest BCUT2D eigenvalue weighted by Gasteiger charge is 2.36. The minimum Gasteiger partial charge on any atom is -0.467 e. The third-order valence-electron chi connectivity index (χ3n) is 5.46. The minimum atomic E-state index is -0.856. The molecular formula is C24H28N2O6. The lowest BCUT2D eigenvalue weighted by Gasteiger charge is -2.28. The number of nitrogens with one attached hydrogen (secondary N) is 2. The van der Waals surface area contributed by atoms with Crippen molar-refractivity contribution in [3.8, 4) is 0 Å². The predicted molar refractivity (Wildman–Crippen MR) is 116 cm³/mol. The van der Waals surface area contributed by atoms with Crippen LogP contribution in [0.15, 0.2) is 64.4 Å².